The summed E-state index contributed by atoms with van der Waals surface area (Å²) in [5.41, 5.74) is 3.68. The number of nitrogens with zero attached hydrogens (tertiary/aromatic N) is 1. The molecule has 0 spiro atoms. The topological polar surface area (TPSA) is 69.7 Å². The molecule has 0 bridgehead atoms. The van der Waals surface area contributed by atoms with E-state index in [9.17, 15) is 13.6 Å². The standard InChI is InChI=1S/C20H18F2N2O4S/c1-26-18-8-14(4-7-17(18)27-10-15-11-29-12-24-15)19(25)23-9-13-2-5-16(6-3-13)28-20(21)22/h2-8,11-12,20H,9-10H2,1H3,(H,23,25). The summed E-state index contributed by atoms with van der Waals surface area (Å²) < 4.78 is 39.7. The smallest absolute Gasteiger partial charge is 0.387 e. The molecule has 29 heavy (non-hydrogen) atoms. The van der Waals surface area contributed by atoms with E-state index in [1.165, 1.54) is 30.6 Å². The van der Waals surface area contributed by atoms with E-state index in [1.54, 1.807) is 35.8 Å². The van der Waals surface area contributed by atoms with Crippen LogP contribution in [0.15, 0.2) is 53.4 Å². The maximum atomic E-state index is 12.4. The monoisotopic (exact) mass is 420 g/mol. The van der Waals surface area contributed by atoms with Crippen LogP contribution < -0.4 is 19.5 Å². The number of alkyl halides is 2. The molecule has 6 nitrogen and oxygen atoms in total. The highest BCUT2D eigenvalue weighted by atomic mass is 32.1. The summed E-state index contributed by atoms with van der Waals surface area (Å²) in [4.78, 5) is 16.6. The first-order chi connectivity index (χ1) is 14.0. The van der Waals surface area contributed by atoms with E-state index >= 15 is 0 Å². The molecule has 0 radical (unpaired) electrons. The molecule has 1 amide bonds. The number of nitrogens with one attached hydrogen (secondary N) is 1. The predicted molar refractivity (Wildman–Crippen MR) is 104 cm³/mol. The van der Waals surface area contributed by atoms with Gasteiger partial charge in [0.05, 0.1) is 18.3 Å². The number of halogens is 2. The van der Waals surface area contributed by atoms with Gasteiger partial charge in [0.2, 0.25) is 0 Å². The van der Waals surface area contributed by atoms with Gasteiger partial charge in [-0.2, -0.15) is 8.78 Å². The van der Waals surface area contributed by atoms with Gasteiger partial charge in [-0.1, -0.05) is 12.1 Å². The first kappa shape index (κ1) is 20.5. The van der Waals surface area contributed by atoms with Crippen molar-refractivity contribution < 1.29 is 27.8 Å². The highest BCUT2D eigenvalue weighted by molar-refractivity contribution is 7.07. The van der Waals surface area contributed by atoms with Crippen molar-refractivity contribution >= 4 is 17.2 Å². The van der Waals surface area contributed by atoms with Gasteiger partial charge in [-0.3, -0.25) is 4.79 Å². The van der Waals surface area contributed by atoms with E-state index in [4.69, 9.17) is 9.47 Å². The Hall–Kier alpha value is -3.20. The molecule has 1 N–H and O–H groups in total. The summed E-state index contributed by atoms with van der Waals surface area (Å²) >= 11 is 1.48. The maximum Gasteiger partial charge on any atom is 0.387 e. The van der Waals surface area contributed by atoms with Crippen LogP contribution in [0.5, 0.6) is 17.2 Å². The average Bonchev–Trinajstić information content (AvgIpc) is 3.24. The Morgan fingerprint density at radius 3 is 2.62 bits per heavy atom. The molecule has 1 aromatic heterocycles. The second-order valence-corrected chi connectivity index (χ2v) is 6.56. The summed E-state index contributed by atoms with van der Waals surface area (Å²) in [5.74, 6) is 0.698. The first-order valence-electron chi connectivity index (χ1n) is 8.55. The lowest BCUT2D eigenvalue weighted by Gasteiger charge is -2.12. The van der Waals surface area contributed by atoms with Crippen LogP contribution in [0.3, 0.4) is 0 Å². The van der Waals surface area contributed by atoms with Crippen molar-refractivity contribution in [2.75, 3.05) is 7.11 Å². The van der Waals surface area contributed by atoms with Crippen molar-refractivity contribution in [3.63, 3.8) is 0 Å². The minimum Gasteiger partial charge on any atom is -0.493 e. The van der Waals surface area contributed by atoms with Crippen LogP contribution in [0, 0.1) is 0 Å². The fourth-order valence-corrected chi connectivity index (χ4v) is 3.00. The summed E-state index contributed by atoms with van der Waals surface area (Å²) in [5, 5.41) is 4.66. The highest BCUT2D eigenvalue weighted by Gasteiger charge is 2.12. The number of carbonyl (C=O) groups excluding carboxylic acids is 1. The number of aromatic nitrogens is 1. The van der Waals surface area contributed by atoms with Crippen LogP contribution in [-0.4, -0.2) is 24.6 Å². The van der Waals surface area contributed by atoms with Crippen molar-refractivity contribution in [3.8, 4) is 17.2 Å². The Morgan fingerprint density at radius 2 is 1.97 bits per heavy atom. The van der Waals surface area contributed by atoms with E-state index in [0.717, 1.165) is 11.3 Å². The zero-order valence-electron chi connectivity index (χ0n) is 15.4. The third-order valence-electron chi connectivity index (χ3n) is 3.89. The molecule has 152 valence electrons. The summed E-state index contributed by atoms with van der Waals surface area (Å²) in [6.45, 7) is -2.33. The zero-order valence-corrected chi connectivity index (χ0v) is 16.2. The minimum atomic E-state index is -2.87. The Bertz CT molecular complexity index is 934. The van der Waals surface area contributed by atoms with Crippen molar-refractivity contribution in [3.05, 3.63) is 70.2 Å². The lowest BCUT2D eigenvalue weighted by molar-refractivity contribution is -0.0498. The van der Waals surface area contributed by atoms with Crippen LogP contribution in [0.2, 0.25) is 0 Å². The molecule has 1 heterocycles. The lowest BCUT2D eigenvalue weighted by Crippen LogP contribution is -2.22. The number of rotatable bonds is 9. The van der Waals surface area contributed by atoms with E-state index in [2.05, 4.69) is 15.0 Å². The second-order valence-electron chi connectivity index (χ2n) is 5.84. The second kappa shape index (κ2) is 9.83. The molecule has 0 saturated heterocycles. The van der Waals surface area contributed by atoms with Gasteiger partial charge in [0, 0.05) is 17.5 Å². The van der Waals surface area contributed by atoms with Gasteiger partial charge in [0.15, 0.2) is 11.5 Å². The largest absolute Gasteiger partial charge is 0.493 e. The molecule has 0 aliphatic heterocycles. The molecule has 0 aliphatic rings. The van der Waals surface area contributed by atoms with Gasteiger partial charge in [-0.05, 0) is 35.9 Å². The Kier molecular flexibility index (Phi) is 6.96. The van der Waals surface area contributed by atoms with Crippen molar-refractivity contribution in [1.82, 2.24) is 10.3 Å². The third kappa shape index (κ3) is 5.89. The van der Waals surface area contributed by atoms with Gasteiger partial charge >= 0.3 is 6.61 Å². The summed E-state index contributed by atoms with van der Waals surface area (Å²) in [6, 6.07) is 10.9. The van der Waals surface area contributed by atoms with Gasteiger partial charge in [0.1, 0.15) is 12.4 Å². The summed E-state index contributed by atoms with van der Waals surface area (Å²) in [7, 11) is 1.50. The molecule has 0 fully saturated rings. The van der Waals surface area contributed by atoms with E-state index in [1.807, 2.05) is 5.38 Å². The molecule has 2 aromatic carbocycles. The number of methoxy groups -OCH3 is 1. The van der Waals surface area contributed by atoms with Gasteiger partial charge in [-0.15, -0.1) is 11.3 Å². The van der Waals surface area contributed by atoms with Crippen LogP contribution >= 0.6 is 11.3 Å². The summed E-state index contributed by atoms with van der Waals surface area (Å²) in [6.07, 6.45) is 0. The molecule has 0 aliphatic carbocycles. The number of hydrogen-bond acceptors (Lipinski definition) is 6. The van der Waals surface area contributed by atoms with Gasteiger partial charge in [0.25, 0.3) is 5.91 Å². The normalized spacial score (nSPS) is 10.6. The SMILES string of the molecule is COc1cc(C(=O)NCc2ccc(OC(F)F)cc2)ccc1OCc1cscn1. The number of amides is 1. The third-order valence-corrected chi connectivity index (χ3v) is 4.52. The Labute approximate surface area is 170 Å². The quantitative estimate of drug-likeness (QED) is 0.560. The number of ether oxygens (including phenoxy) is 3. The van der Waals surface area contributed by atoms with Crippen molar-refractivity contribution in [1.29, 1.82) is 0 Å². The number of thiazole rings is 1. The van der Waals surface area contributed by atoms with Gasteiger partial charge in [-0.25, -0.2) is 4.98 Å². The first-order valence-corrected chi connectivity index (χ1v) is 9.49. The minimum absolute atomic E-state index is 0.0630. The number of benzene rings is 2. The molecule has 0 saturated carbocycles. The lowest BCUT2D eigenvalue weighted by atomic mass is 10.1. The van der Waals surface area contributed by atoms with Crippen LogP contribution in [0.25, 0.3) is 0 Å². The van der Waals surface area contributed by atoms with Crippen molar-refractivity contribution in [2.24, 2.45) is 0 Å². The van der Waals surface area contributed by atoms with Crippen LogP contribution in [0.1, 0.15) is 21.6 Å². The molecule has 0 atom stereocenters. The fourth-order valence-electron chi connectivity index (χ4n) is 2.46. The Balaban J connectivity index is 1.58. The van der Waals surface area contributed by atoms with Crippen molar-refractivity contribution in [2.45, 2.75) is 19.8 Å². The molecule has 3 aromatic rings. The Morgan fingerprint density at radius 1 is 1.17 bits per heavy atom. The van der Waals surface area contributed by atoms with Gasteiger partial charge < -0.3 is 19.5 Å². The molecule has 9 heteroatoms. The predicted octanol–water partition coefficient (Wildman–Crippen LogP) is 4.26. The average molecular weight is 420 g/mol. The molecule has 0 unspecified atom stereocenters. The van der Waals surface area contributed by atoms with E-state index in [0.29, 0.717) is 23.7 Å². The van der Waals surface area contributed by atoms with Crippen LogP contribution in [0.4, 0.5) is 8.78 Å². The maximum absolute atomic E-state index is 12.4. The van der Waals surface area contributed by atoms with E-state index in [-0.39, 0.29) is 18.2 Å². The highest BCUT2D eigenvalue weighted by Crippen LogP contribution is 2.29. The molecular formula is C20H18F2N2O4S. The molecular weight excluding hydrogens is 402 g/mol. The van der Waals surface area contributed by atoms with Crippen LogP contribution in [-0.2, 0) is 13.2 Å². The number of carbonyl (C=O) groups is 1. The van der Waals surface area contributed by atoms with E-state index < -0.39 is 6.61 Å². The zero-order chi connectivity index (χ0) is 20.6. The number of hydrogen-bond donors (Lipinski definition) is 1. The molecule has 3 rings (SSSR count). The fraction of sp³-hybridized carbons (Fsp3) is 0.200.